The van der Waals surface area contributed by atoms with Gasteiger partial charge in [-0.05, 0) is 24.3 Å². The zero-order valence-electron chi connectivity index (χ0n) is 9.53. The summed E-state index contributed by atoms with van der Waals surface area (Å²) in [6, 6.07) is 15.1. The van der Waals surface area contributed by atoms with Crippen molar-refractivity contribution < 1.29 is 4.39 Å². The first-order valence-corrected chi connectivity index (χ1v) is 6.48. The minimum absolute atomic E-state index is 0.179. The molecule has 0 spiro atoms. The van der Waals surface area contributed by atoms with Gasteiger partial charge >= 0.3 is 0 Å². The molecule has 0 unspecified atom stereocenters. The Balaban J connectivity index is 2.44. The van der Waals surface area contributed by atoms with Crippen molar-refractivity contribution in [3.8, 4) is 0 Å². The summed E-state index contributed by atoms with van der Waals surface area (Å²) >= 11 is 3.33. The first kappa shape index (κ1) is 12.1. The van der Waals surface area contributed by atoms with Gasteiger partial charge in [-0.15, -0.1) is 0 Å². The van der Waals surface area contributed by atoms with Crippen molar-refractivity contribution in [2.45, 2.75) is 5.33 Å². The van der Waals surface area contributed by atoms with Gasteiger partial charge in [0.05, 0.1) is 0 Å². The van der Waals surface area contributed by atoms with Gasteiger partial charge in [0.1, 0.15) is 5.82 Å². The highest BCUT2D eigenvalue weighted by molar-refractivity contribution is 9.08. The van der Waals surface area contributed by atoms with E-state index in [1.54, 1.807) is 6.07 Å². The maximum absolute atomic E-state index is 13.7. The lowest BCUT2D eigenvalue weighted by Crippen LogP contribution is -2.12. The smallest absolute Gasteiger partial charge is 0.129 e. The minimum Gasteiger partial charge on any atom is -0.344 e. The summed E-state index contributed by atoms with van der Waals surface area (Å²) in [7, 11) is 1.94. The summed E-state index contributed by atoms with van der Waals surface area (Å²) in [6.45, 7) is 0. The van der Waals surface area contributed by atoms with Gasteiger partial charge in [0, 0.05) is 29.3 Å². The zero-order valence-corrected chi connectivity index (χ0v) is 11.1. The van der Waals surface area contributed by atoms with Crippen molar-refractivity contribution in [2.24, 2.45) is 0 Å². The number of halogens is 2. The number of hydrogen-bond donors (Lipinski definition) is 0. The van der Waals surface area contributed by atoms with E-state index in [0.717, 1.165) is 11.4 Å². The average molecular weight is 294 g/mol. The van der Waals surface area contributed by atoms with Crippen molar-refractivity contribution in [1.82, 2.24) is 0 Å². The Labute approximate surface area is 109 Å². The monoisotopic (exact) mass is 293 g/mol. The number of nitrogens with zero attached hydrogens (tertiary/aromatic N) is 1. The van der Waals surface area contributed by atoms with Crippen LogP contribution in [0.2, 0.25) is 0 Å². The first-order chi connectivity index (χ1) is 8.24. The number of anilines is 2. The SMILES string of the molecule is CN(c1ccccc1)c1cccc(F)c1CBr. The molecule has 1 nitrogen and oxygen atoms in total. The van der Waals surface area contributed by atoms with E-state index < -0.39 is 0 Å². The molecule has 0 N–H and O–H groups in total. The molecule has 0 saturated heterocycles. The quantitative estimate of drug-likeness (QED) is 0.754. The molecular formula is C14H13BrFN. The molecule has 2 aromatic carbocycles. The fourth-order valence-corrected chi connectivity index (χ4v) is 2.34. The molecule has 0 bridgehead atoms. The molecule has 2 aromatic rings. The second-order valence-electron chi connectivity index (χ2n) is 3.77. The number of hydrogen-bond acceptors (Lipinski definition) is 1. The molecule has 0 heterocycles. The molecule has 0 aliphatic heterocycles. The maximum atomic E-state index is 13.7. The molecule has 0 saturated carbocycles. The van der Waals surface area contributed by atoms with Crippen LogP contribution in [-0.4, -0.2) is 7.05 Å². The highest BCUT2D eigenvalue weighted by Gasteiger charge is 2.11. The van der Waals surface area contributed by atoms with Gasteiger partial charge in [-0.3, -0.25) is 0 Å². The molecule has 0 aromatic heterocycles. The van der Waals surface area contributed by atoms with Crippen LogP contribution in [0.5, 0.6) is 0 Å². The predicted molar refractivity (Wildman–Crippen MR) is 73.5 cm³/mol. The van der Waals surface area contributed by atoms with Gasteiger partial charge in [0.2, 0.25) is 0 Å². The third kappa shape index (κ3) is 2.50. The van der Waals surface area contributed by atoms with Crippen molar-refractivity contribution in [2.75, 3.05) is 11.9 Å². The molecule has 0 fully saturated rings. The van der Waals surface area contributed by atoms with E-state index in [4.69, 9.17) is 0 Å². The average Bonchev–Trinajstić information content (AvgIpc) is 2.38. The molecular weight excluding hydrogens is 281 g/mol. The third-order valence-electron chi connectivity index (χ3n) is 2.73. The molecule has 0 atom stereocenters. The fraction of sp³-hybridized carbons (Fsp3) is 0.143. The summed E-state index contributed by atoms with van der Waals surface area (Å²) in [5, 5.41) is 0.506. The largest absolute Gasteiger partial charge is 0.344 e. The van der Waals surface area contributed by atoms with Crippen LogP contribution in [0, 0.1) is 5.82 Å². The van der Waals surface area contributed by atoms with Crippen LogP contribution in [-0.2, 0) is 5.33 Å². The van der Waals surface area contributed by atoms with Crippen LogP contribution in [0.3, 0.4) is 0 Å². The Hall–Kier alpha value is -1.35. The van der Waals surface area contributed by atoms with E-state index in [2.05, 4.69) is 15.9 Å². The summed E-state index contributed by atoms with van der Waals surface area (Å²) < 4.78 is 13.7. The lowest BCUT2D eigenvalue weighted by Gasteiger charge is -2.22. The second-order valence-corrected chi connectivity index (χ2v) is 4.33. The van der Waals surface area contributed by atoms with E-state index >= 15 is 0 Å². The van der Waals surface area contributed by atoms with E-state index in [9.17, 15) is 4.39 Å². The predicted octanol–water partition coefficient (Wildman–Crippen LogP) is 4.49. The van der Waals surface area contributed by atoms with E-state index in [1.807, 2.05) is 48.3 Å². The summed E-state index contributed by atoms with van der Waals surface area (Å²) in [4.78, 5) is 1.99. The third-order valence-corrected chi connectivity index (χ3v) is 3.29. The lowest BCUT2D eigenvalue weighted by molar-refractivity contribution is 0.618. The number of rotatable bonds is 3. The van der Waals surface area contributed by atoms with E-state index in [1.165, 1.54) is 6.07 Å². The van der Waals surface area contributed by atoms with Gasteiger partial charge in [0.15, 0.2) is 0 Å². The number of alkyl halides is 1. The van der Waals surface area contributed by atoms with Crippen LogP contribution in [0.15, 0.2) is 48.5 Å². The molecule has 0 aliphatic carbocycles. The van der Waals surface area contributed by atoms with Crippen molar-refractivity contribution in [1.29, 1.82) is 0 Å². The molecule has 0 aliphatic rings. The standard InChI is InChI=1S/C14H13BrFN/c1-17(11-6-3-2-4-7-11)14-9-5-8-13(16)12(14)10-15/h2-9H,10H2,1H3. The van der Waals surface area contributed by atoms with Crippen LogP contribution in [0.1, 0.15) is 5.56 Å². The second kappa shape index (κ2) is 5.32. The fourth-order valence-electron chi connectivity index (χ4n) is 1.78. The zero-order chi connectivity index (χ0) is 12.3. The first-order valence-electron chi connectivity index (χ1n) is 5.36. The van der Waals surface area contributed by atoms with Crippen molar-refractivity contribution in [3.05, 3.63) is 59.9 Å². The molecule has 0 radical (unpaired) electrons. The number of benzene rings is 2. The Bertz CT molecular complexity index is 499. The summed E-state index contributed by atoms with van der Waals surface area (Å²) in [5.41, 5.74) is 2.60. The minimum atomic E-state index is -0.179. The maximum Gasteiger partial charge on any atom is 0.129 e. The van der Waals surface area contributed by atoms with E-state index in [0.29, 0.717) is 10.9 Å². The highest BCUT2D eigenvalue weighted by atomic mass is 79.9. The highest BCUT2D eigenvalue weighted by Crippen LogP contribution is 2.29. The van der Waals surface area contributed by atoms with Gasteiger partial charge in [-0.2, -0.15) is 0 Å². The van der Waals surface area contributed by atoms with Gasteiger partial charge in [0.25, 0.3) is 0 Å². The Kier molecular flexibility index (Phi) is 3.79. The van der Waals surface area contributed by atoms with Crippen LogP contribution >= 0.6 is 15.9 Å². The summed E-state index contributed by atoms with van der Waals surface area (Å²) in [5.74, 6) is -0.179. The molecule has 0 amide bonds. The lowest BCUT2D eigenvalue weighted by atomic mass is 10.1. The van der Waals surface area contributed by atoms with E-state index in [-0.39, 0.29) is 5.82 Å². The Morgan fingerprint density at radius 2 is 1.76 bits per heavy atom. The van der Waals surface area contributed by atoms with Gasteiger partial charge in [-0.25, -0.2) is 4.39 Å². The summed E-state index contributed by atoms with van der Waals surface area (Å²) in [6.07, 6.45) is 0. The van der Waals surface area contributed by atoms with Crippen LogP contribution in [0.25, 0.3) is 0 Å². The van der Waals surface area contributed by atoms with Crippen molar-refractivity contribution in [3.63, 3.8) is 0 Å². The molecule has 2 rings (SSSR count). The van der Waals surface area contributed by atoms with Gasteiger partial charge < -0.3 is 4.90 Å². The Morgan fingerprint density at radius 1 is 1.06 bits per heavy atom. The molecule has 88 valence electrons. The van der Waals surface area contributed by atoms with Crippen LogP contribution < -0.4 is 4.90 Å². The molecule has 3 heteroatoms. The van der Waals surface area contributed by atoms with Crippen molar-refractivity contribution >= 4 is 27.3 Å². The van der Waals surface area contributed by atoms with Gasteiger partial charge in [-0.1, -0.05) is 40.2 Å². The molecule has 17 heavy (non-hydrogen) atoms. The Morgan fingerprint density at radius 3 is 2.41 bits per heavy atom. The topological polar surface area (TPSA) is 3.24 Å². The normalized spacial score (nSPS) is 10.3. The number of para-hydroxylation sites is 1. The van der Waals surface area contributed by atoms with Crippen LogP contribution in [0.4, 0.5) is 15.8 Å².